The van der Waals surface area contributed by atoms with Gasteiger partial charge in [-0.25, -0.2) is 24.2 Å². The predicted octanol–water partition coefficient (Wildman–Crippen LogP) is 6.92. The first-order valence-corrected chi connectivity index (χ1v) is 22.3. The second-order valence-corrected chi connectivity index (χ2v) is 17.8. The number of nitrogens with one attached hydrogen (secondary N) is 3. The van der Waals surface area contributed by atoms with Gasteiger partial charge < -0.3 is 50.2 Å². The van der Waals surface area contributed by atoms with E-state index in [0.717, 1.165) is 62.7 Å². The van der Waals surface area contributed by atoms with E-state index in [1.807, 2.05) is 56.0 Å². The Morgan fingerprint density at radius 3 is 2.42 bits per heavy atom. The number of imidazole rings is 2. The number of aromatic amines is 1. The summed E-state index contributed by atoms with van der Waals surface area (Å²) < 4.78 is 23.2. The molecule has 66 heavy (non-hydrogen) atoms. The van der Waals surface area contributed by atoms with Crippen molar-refractivity contribution in [3.8, 4) is 28.1 Å². The van der Waals surface area contributed by atoms with Crippen LogP contribution in [0.5, 0.6) is 5.75 Å². The van der Waals surface area contributed by atoms with Crippen LogP contribution in [0.15, 0.2) is 79.0 Å². The number of methoxy groups -OCH3 is 3. The van der Waals surface area contributed by atoms with Gasteiger partial charge in [-0.2, -0.15) is 0 Å². The molecule has 0 bridgehead atoms. The number of hydrogen-bond donors (Lipinski definition) is 4. The average molecular weight is 898 g/mol. The smallest absolute Gasteiger partial charge is 0.407 e. The lowest BCUT2D eigenvalue weighted by atomic mass is 9.92. The maximum atomic E-state index is 14.4. The van der Waals surface area contributed by atoms with Crippen molar-refractivity contribution in [2.75, 3.05) is 40.3 Å². The molecule has 0 saturated carbocycles. The van der Waals surface area contributed by atoms with Crippen molar-refractivity contribution in [1.29, 1.82) is 0 Å². The molecule has 1 unspecified atom stereocenters. The van der Waals surface area contributed by atoms with Crippen molar-refractivity contribution in [2.24, 2.45) is 11.8 Å². The van der Waals surface area contributed by atoms with E-state index in [1.165, 1.54) is 14.2 Å². The first kappa shape index (κ1) is 44.1. The van der Waals surface area contributed by atoms with Crippen molar-refractivity contribution >= 4 is 45.8 Å². The Morgan fingerprint density at radius 2 is 1.68 bits per heavy atom. The molecule has 2 saturated heterocycles. The highest BCUT2D eigenvalue weighted by molar-refractivity contribution is 6.07. The second-order valence-electron chi connectivity index (χ2n) is 17.8. The van der Waals surface area contributed by atoms with Crippen LogP contribution in [0.4, 0.5) is 9.59 Å². The largest absolute Gasteiger partial charge is 0.488 e. The molecule has 3 aliphatic heterocycles. The van der Waals surface area contributed by atoms with E-state index in [-0.39, 0.29) is 35.7 Å². The van der Waals surface area contributed by atoms with Crippen LogP contribution in [0.2, 0.25) is 0 Å². The van der Waals surface area contributed by atoms with Crippen LogP contribution in [-0.2, 0) is 30.4 Å². The SMILES string of the molecule is COCC1C[C@@H](c2ncc(-c3ccc4c(c3)COc3cc5c(ccc6nc([C@@H]7CC[C@H](C)N7C(=O)[C@@H](NC(=O)OC)C(C)C)[nH]c65)cc3-4)n2N)N(C(=O)[C@H](NC(=O)OC)c2ccccc2)C1. The summed E-state index contributed by atoms with van der Waals surface area (Å²) in [6, 6.07) is 20.9. The number of ether oxygens (including phenoxy) is 4. The fourth-order valence-electron chi connectivity index (χ4n) is 9.99. The van der Waals surface area contributed by atoms with Gasteiger partial charge in [-0.15, -0.1) is 0 Å². The number of carbonyl (C=O) groups excluding carboxylic acids is 4. The number of H-pyrrole nitrogens is 1. The van der Waals surface area contributed by atoms with E-state index < -0.39 is 30.3 Å². The van der Waals surface area contributed by atoms with E-state index in [2.05, 4.69) is 45.9 Å². The predicted molar refractivity (Wildman–Crippen MR) is 246 cm³/mol. The molecule has 2 fully saturated rings. The quantitative estimate of drug-likeness (QED) is 0.0982. The number of fused-ring (bicyclic) bond motifs is 6. The van der Waals surface area contributed by atoms with Gasteiger partial charge in [0.25, 0.3) is 5.91 Å². The fourth-order valence-corrected chi connectivity index (χ4v) is 9.99. The molecule has 17 heteroatoms. The summed E-state index contributed by atoms with van der Waals surface area (Å²) >= 11 is 0. The lowest BCUT2D eigenvalue weighted by Gasteiger charge is -2.32. The van der Waals surface area contributed by atoms with Crippen LogP contribution in [-0.4, -0.2) is 100.0 Å². The lowest BCUT2D eigenvalue weighted by Crippen LogP contribution is -2.52. The molecule has 0 spiro atoms. The molecular formula is C49H55N9O8. The molecule has 5 N–H and O–H groups in total. The van der Waals surface area contributed by atoms with E-state index in [9.17, 15) is 19.2 Å². The second kappa shape index (κ2) is 18.0. The van der Waals surface area contributed by atoms with Crippen LogP contribution in [0.3, 0.4) is 0 Å². The number of alkyl carbamates (subject to hydrolysis) is 2. The Balaban J connectivity index is 0.990. The highest BCUT2D eigenvalue weighted by Crippen LogP contribution is 2.44. The standard InChI is InChI=1S/C49H55N9O8/c1-26(2)41(54-48(61)64-5)47(60)57-27(3)12-17-37(57)44-52-36-16-14-30-20-35-33-15-13-31(19-32(33)25-66-40(35)21-34(30)43(36)53-44)39-22-51-45(58(39)50)38-18-28(24-63-4)23-56(38)46(59)42(55-49(62)65-6)29-10-8-7-9-11-29/h7-11,13-16,19-22,26-28,37-38,41-42H,12,17-18,23-25,50H2,1-6H3,(H,52,53)(H,54,61)(H,55,62)/t27-,28?,37-,38-,41-,42+/m0/s1. The molecule has 6 atom stereocenters. The summed E-state index contributed by atoms with van der Waals surface area (Å²) in [5.74, 6) is 8.23. The number of nitrogen functional groups attached to an aromatic ring is 1. The van der Waals surface area contributed by atoms with Crippen molar-refractivity contribution in [3.63, 3.8) is 0 Å². The molecular weight excluding hydrogens is 843 g/mol. The normalized spacial score (nSPS) is 19.9. The minimum absolute atomic E-state index is 0.0140. The topological polar surface area (TPSA) is 208 Å². The van der Waals surface area contributed by atoms with Gasteiger partial charge in [-0.1, -0.05) is 62.4 Å². The van der Waals surface area contributed by atoms with E-state index in [1.54, 1.807) is 35.0 Å². The van der Waals surface area contributed by atoms with E-state index in [0.29, 0.717) is 49.1 Å². The summed E-state index contributed by atoms with van der Waals surface area (Å²) in [5, 5.41) is 7.40. The monoisotopic (exact) mass is 897 g/mol. The van der Waals surface area contributed by atoms with Gasteiger partial charge in [0.15, 0.2) is 0 Å². The van der Waals surface area contributed by atoms with Crippen LogP contribution in [0.1, 0.15) is 80.9 Å². The zero-order valence-corrected chi connectivity index (χ0v) is 37.9. The van der Waals surface area contributed by atoms with Gasteiger partial charge in [0.1, 0.15) is 36.1 Å². The van der Waals surface area contributed by atoms with E-state index in [4.69, 9.17) is 34.8 Å². The van der Waals surface area contributed by atoms with Crippen LogP contribution < -0.4 is 21.2 Å². The first-order valence-electron chi connectivity index (χ1n) is 22.3. The first-order chi connectivity index (χ1) is 31.9. The third-order valence-electron chi connectivity index (χ3n) is 13.3. The number of hydrogen-bond acceptors (Lipinski definition) is 11. The Bertz CT molecular complexity index is 2820. The van der Waals surface area contributed by atoms with Crippen molar-refractivity contribution < 1.29 is 38.1 Å². The third-order valence-corrected chi connectivity index (χ3v) is 13.3. The Kier molecular flexibility index (Phi) is 12.0. The Labute approximate surface area is 381 Å². The molecule has 17 nitrogen and oxygen atoms in total. The highest BCUT2D eigenvalue weighted by atomic mass is 16.5. The third kappa shape index (κ3) is 8.01. The summed E-state index contributed by atoms with van der Waals surface area (Å²) in [6.45, 7) is 6.98. The molecule has 5 heterocycles. The Hall–Kier alpha value is -7.14. The number of likely N-dealkylation sites (tertiary alicyclic amines) is 2. The summed E-state index contributed by atoms with van der Waals surface area (Å²) in [4.78, 5) is 70.0. The van der Waals surface area contributed by atoms with Crippen molar-refractivity contribution in [3.05, 3.63) is 102 Å². The van der Waals surface area contributed by atoms with Gasteiger partial charge in [0.05, 0.1) is 55.8 Å². The summed E-state index contributed by atoms with van der Waals surface area (Å²) in [7, 11) is 4.19. The van der Waals surface area contributed by atoms with Gasteiger partial charge in [-0.05, 0) is 78.4 Å². The summed E-state index contributed by atoms with van der Waals surface area (Å²) in [6.07, 6.45) is 2.47. The zero-order chi connectivity index (χ0) is 46.4. The molecule has 0 aliphatic carbocycles. The van der Waals surface area contributed by atoms with Gasteiger partial charge in [-0.3, -0.25) is 9.59 Å². The molecule has 0 radical (unpaired) electrons. The number of aromatic nitrogens is 4. The number of benzene rings is 4. The molecule has 9 rings (SSSR count). The number of nitrogens with two attached hydrogens (primary N) is 1. The molecule has 344 valence electrons. The van der Waals surface area contributed by atoms with Crippen LogP contribution >= 0.6 is 0 Å². The van der Waals surface area contributed by atoms with Crippen LogP contribution in [0.25, 0.3) is 44.2 Å². The minimum Gasteiger partial charge on any atom is -0.488 e. The molecule has 4 amide bonds. The molecule has 2 aromatic heterocycles. The van der Waals surface area contributed by atoms with Crippen molar-refractivity contribution in [1.82, 2.24) is 40.1 Å². The van der Waals surface area contributed by atoms with Crippen molar-refractivity contribution in [2.45, 2.75) is 76.8 Å². The van der Waals surface area contributed by atoms with E-state index >= 15 is 0 Å². The van der Waals surface area contributed by atoms with Gasteiger partial charge in [0.2, 0.25) is 5.91 Å². The van der Waals surface area contributed by atoms with Gasteiger partial charge >= 0.3 is 12.2 Å². The summed E-state index contributed by atoms with van der Waals surface area (Å²) in [5.41, 5.74) is 6.72. The molecule has 3 aliphatic rings. The van der Waals surface area contributed by atoms with Crippen LogP contribution in [0, 0.1) is 11.8 Å². The average Bonchev–Trinajstić information content (AvgIpc) is 4.13. The zero-order valence-electron chi connectivity index (χ0n) is 37.9. The molecule has 6 aromatic rings. The molecule has 4 aromatic carbocycles. The maximum Gasteiger partial charge on any atom is 0.407 e. The number of amides is 4. The maximum absolute atomic E-state index is 14.4. The minimum atomic E-state index is -0.988. The number of rotatable bonds is 11. The number of nitrogens with zero attached hydrogens (tertiary/aromatic N) is 5. The fraction of sp³-hybridized carbons (Fsp3) is 0.388. The highest BCUT2D eigenvalue weighted by Gasteiger charge is 2.43. The lowest BCUT2D eigenvalue weighted by molar-refractivity contribution is -0.137. The van der Waals surface area contributed by atoms with Gasteiger partial charge in [0, 0.05) is 42.1 Å². The number of carbonyl (C=O) groups is 4. The Morgan fingerprint density at radius 1 is 0.909 bits per heavy atom.